The van der Waals surface area contributed by atoms with Crippen molar-refractivity contribution in [3.63, 3.8) is 0 Å². The Morgan fingerprint density at radius 2 is 1.75 bits per heavy atom. The van der Waals surface area contributed by atoms with Crippen molar-refractivity contribution < 1.29 is 31.8 Å². The highest BCUT2D eigenvalue weighted by Crippen LogP contribution is 2.38. The Morgan fingerprint density at radius 3 is 2.33 bits per heavy atom. The molecule has 1 aromatic carbocycles. The summed E-state index contributed by atoms with van der Waals surface area (Å²) in [6, 6.07) is 3.49. The van der Waals surface area contributed by atoms with Gasteiger partial charge in [-0.25, -0.2) is 27.6 Å². The molecule has 2 aliphatic rings. The van der Waals surface area contributed by atoms with Gasteiger partial charge in [0.25, 0.3) is 0 Å². The van der Waals surface area contributed by atoms with E-state index in [4.69, 9.17) is 14.2 Å². The molecule has 2 bridgehead atoms. The summed E-state index contributed by atoms with van der Waals surface area (Å²) in [6.07, 6.45) is 5.96. The molecule has 2 saturated heterocycles. The number of benzene rings is 1. The van der Waals surface area contributed by atoms with Crippen molar-refractivity contribution in [1.82, 2.24) is 14.9 Å². The summed E-state index contributed by atoms with van der Waals surface area (Å²) in [5, 5.41) is 0. The molecule has 196 valence electrons. The van der Waals surface area contributed by atoms with Crippen molar-refractivity contribution >= 4 is 15.9 Å². The molecular weight excluding hydrogens is 489 g/mol. The van der Waals surface area contributed by atoms with Crippen molar-refractivity contribution in [1.29, 1.82) is 0 Å². The summed E-state index contributed by atoms with van der Waals surface area (Å²) >= 11 is 0. The molecule has 1 aromatic heterocycles. The number of hydrogen-bond acceptors (Lipinski definition) is 8. The first kappa shape index (κ1) is 26.1. The molecule has 11 heteroatoms. The Bertz CT molecular complexity index is 1230. The molecule has 0 spiro atoms. The number of nitrogens with zero attached hydrogens (tertiary/aromatic N) is 3. The summed E-state index contributed by atoms with van der Waals surface area (Å²) in [4.78, 5) is 22.9. The second-order valence-corrected chi connectivity index (χ2v) is 12.4. The zero-order valence-electron chi connectivity index (χ0n) is 21.2. The van der Waals surface area contributed by atoms with Crippen LogP contribution in [-0.2, 0) is 14.6 Å². The summed E-state index contributed by atoms with van der Waals surface area (Å²) in [7, 11) is -3.54. The fourth-order valence-electron chi connectivity index (χ4n) is 4.74. The molecule has 3 heterocycles. The summed E-state index contributed by atoms with van der Waals surface area (Å²) in [6.45, 7) is 7.30. The van der Waals surface area contributed by atoms with Gasteiger partial charge in [-0.1, -0.05) is 0 Å². The lowest BCUT2D eigenvalue weighted by Gasteiger charge is -2.48. The number of sulfone groups is 1. The van der Waals surface area contributed by atoms with Crippen molar-refractivity contribution in [3.8, 4) is 17.5 Å². The number of carbonyl (C=O) groups is 1. The van der Waals surface area contributed by atoms with E-state index in [9.17, 15) is 17.6 Å². The van der Waals surface area contributed by atoms with Gasteiger partial charge in [0.1, 0.15) is 18.0 Å². The first-order valence-corrected chi connectivity index (χ1v) is 13.9. The Labute approximate surface area is 210 Å². The van der Waals surface area contributed by atoms with Gasteiger partial charge < -0.3 is 19.1 Å². The van der Waals surface area contributed by atoms with Crippen LogP contribution in [0.1, 0.15) is 58.4 Å². The Kier molecular flexibility index (Phi) is 7.14. The van der Waals surface area contributed by atoms with E-state index in [2.05, 4.69) is 9.97 Å². The van der Waals surface area contributed by atoms with E-state index in [0.717, 1.165) is 31.6 Å². The van der Waals surface area contributed by atoms with E-state index >= 15 is 0 Å². The predicted octanol–water partition coefficient (Wildman–Crippen LogP) is 4.82. The van der Waals surface area contributed by atoms with Gasteiger partial charge in [-0.15, -0.1) is 0 Å². The van der Waals surface area contributed by atoms with Crippen LogP contribution < -0.4 is 9.47 Å². The molecule has 0 radical (unpaired) electrons. The van der Waals surface area contributed by atoms with Crippen LogP contribution in [0, 0.1) is 12.7 Å². The monoisotopic (exact) mass is 521 g/mol. The Hall–Kier alpha value is -2.95. The third kappa shape index (κ3) is 5.88. The quantitative estimate of drug-likeness (QED) is 0.551. The lowest BCUT2D eigenvalue weighted by atomic mass is 9.83. The van der Waals surface area contributed by atoms with Gasteiger partial charge in [0.2, 0.25) is 11.8 Å². The number of rotatable bonds is 5. The minimum atomic E-state index is -3.54. The molecule has 0 aliphatic carbocycles. The third-order valence-electron chi connectivity index (χ3n) is 6.34. The van der Waals surface area contributed by atoms with Gasteiger partial charge in [0.15, 0.2) is 21.4 Å². The normalized spacial score (nSPS) is 22.2. The van der Waals surface area contributed by atoms with Gasteiger partial charge in [-0.3, -0.25) is 0 Å². The fourth-order valence-corrected chi connectivity index (χ4v) is 5.37. The number of halogens is 1. The van der Waals surface area contributed by atoms with Gasteiger partial charge in [0.05, 0.1) is 10.5 Å². The number of ether oxygens (including phenoxy) is 3. The van der Waals surface area contributed by atoms with E-state index < -0.39 is 21.3 Å². The molecule has 0 N–H and O–H groups in total. The lowest BCUT2D eigenvalue weighted by Crippen LogP contribution is -2.57. The first-order valence-electron chi connectivity index (χ1n) is 12.0. The Balaban J connectivity index is 1.48. The number of aromatic nitrogens is 2. The molecule has 4 rings (SSSR count). The van der Waals surface area contributed by atoms with Gasteiger partial charge in [0, 0.05) is 31.2 Å². The van der Waals surface area contributed by atoms with Crippen LogP contribution in [0.25, 0.3) is 0 Å². The largest absolute Gasteiger partial charge is 0.474 e. The maximum atomic E-state index is 14.5. The first-order chi connectivity index (χ1) is 16.8. The van der Waals surface area contributed by atoms with Crippen molar-refractivity contribution in [2.75, 3.05) is 6.26 Å². The van der Waals surface area contributed by atoms with Crippen LogP contribution in [0.4, 0.5) is 9.18 Å². The lowest BCUT2D eigenvalue weighted by molar-refractivity contribution is -0.0413. The molecule has 2 unspecified atom stereocenters. The predicted molar refractivity (Wildman–Crippen MR) is 130 cm³/mol. The van der Waals surface area contributed by atoms with Crippen LogP contribution in [0.5, 0.6) is 17.5 Å². The van der Waals surface area contributed by atoms with E-state index in [0.29, 0.717) is 24.3 Å². The number of fused-ring (bicyclic) bond motifs is 2. The van der Waals surface area contributed by atoms with Crippen LogP contribution in [0.3, 0.4) is 0 Å². The molecule has 0 saturated carbocycles. The van der Waals surface area contributed by atoms with E-state index in [-0.39, 0.29) is 40.8 Å². The molecular formula is C25H32FN3O6S. The summed E-state index contributed by atoms with van der Waals surface area (Å²) < 4.78 is 55.3. The van der Waals surface area contributed by atoms with Crippen LogP contribution in [-0.4, -0.2) is 59.4 Å². The zero-order chi connectivity index (χ0) is 26.3. The average molecular weight is 522 g/mol. The highest BCUT2D eigenvalue weighted by Gasteiger charge is 2.43. The van der Waals surface area contributed by atoms with Crippen molar-refractivity contribution in [2.45, 2.75) is 88.5 Å². The minimum absolute atomic E-state index is 0.0256. The molecule has 36 heavy (non-hydrogen) atoms. The van der Waals surface area contributed by atoms with Gasteiger partial charge >= 0.3 is 6.09 Å². The third-order valence-corrected chi connectivity index (χ3v) is 7.45. The fraction of sp³-hybridized carbons (Fsp3) is 0.560. The minimum Gasteiger partial charge on any atom is -0.474 e. The molecule has 2 fully saturated rings. The summed E-state index contributed by atoms with van der Waals surface area (Å²) in [5.74, 6) is -0.546. The van der Waals surface area contributed by atoms with Crippen LogP contribution in [0.2, 0.25) is 0 Å². The van der Waals surface area contributed by atoms with Crippen LogP contribution >= 0.6 is 0 Å². The topological polar surface area (TPSA) is 108 Å². The van der Waals surface area contributed by atoms with Crippen molar-refractivity contribution in [2.24, 2.45) is 0 Å². The summed E-state index contributed by atoms with van der Waals surface area (Å²) in [5.41, 5.74) is -0.0681. The standard InChI is InChI=1S/C25H32FN3O6S/c1-15-22(27-14-28-23(15)34-21-10-9-19(13-20(21)26)36(5,31)32)33-18-11-16-7-6-8-17(12-18)29(16)24(30)35-25(2,3)4/h9-10,13-14,16-18H,6-8,11-12H2,1-5H3. The van der Waals surface area contributed by atoms with E-state index in [1.807, 2.05) is 25.7 Å². The maximum absolute atomic E-state index is 14.5. The maximum Gasteiger partial charge on any atom is 0.410 e. The van der Waals surface area contributed by atoms with E-state index in [1.165, 1.54) is 18.5 Å². The van der Waals surface area contributed by atoms with Crippen molar-refractivity contribution in [3.05, 3.63) is 35.9 Å². The molecule has 1 amide bonds. The number of hydrogen-bond donors (Lipinski definition) is 0. The van der Waals surface area contributed by atoms with Crippen LogP contribution in [0.15, 0.2) is 29.4 Å². The second kappa shape index (κ2) is 9.84. The Morgan fingerprint density at radius 1 is 1.11 bits per heavy atom. The molecule has 2 aromatic rings. The highest BCUT2D eigenvalue weighted by molar-refractivity contribution is 7.90. The number of piperidine rings is 2. The highest BCUT2D eigenvalue weighted by atomic mass is 32.2. The SMILES string of the molecule is Cc1c(Oc2ccc(S(C)(=O)=O)cc2F)ncnc1OC1CC2CCCC(C1)N2C(=O)OC(C)(C)C. The number of carbonyl (C=O) groups excluding carboxylic acids is 1. The molecule has 2 aliphatic heterocycles. The van der Waals surface area contributed by atoms with E-state index in [1.54, 1.807) is 6.92 Å². The number of amides is 1. The average Bonchev–Trinajstić information content (AvgIpc) is 2.75. The molecule has 9 nitrogen and oxygen atoms in total. The molecule has 2 atom stereocenters. The zero-order valence-corrected chi connectivity index (χ0v) is 22.0. The smallest absolute Gasteiger partial charge is 0.410 e. The van der Waals surface area contributed by atoms with Gasteiger partial charge in [-0.05, 0) is 65.2 Å². The van der Waals surface area contributed by atoms with Gasteiger partial charge in [-0.2, -0.15) is 0 Å². The second-order valence-electron chi connectivity index (χ2n) is 10.4.